The number of nitrogens with two attached hydrogens (primary N) is 1. The Morgan fingerprint density at radius 3 is 2.68 bits per heavy atom. The molecule has 1 saturated heterocycles. The molecule has 98 valence electrons. The fraction of sp³-hybridized carbons (Fsp3) is 0.333. The SMILES string of the molecule is NNC(=O)c1cccc(CN2C(=O)C3CC3C2=O)n1. The third-order valence-electron chi connectivity index (χ3n) is 3.45. The smallest absolute Gasteiger partial charge is 0.283 e. The number of amides is 3. The lowest BCUT2D eigenvalue weighted by Crippen LogP contribution is -2.33. The Morgan fingerprint density at radius 2 is 2.05 bits per heavy atom. The number of rotatable bonds is 3. The number of nitrogens with one attached hydrogen (secondary N) is 1. The number of nitrogens with zero attached hydrogens (tertiary/aromatic N) is 2. The first-order chi connectivity index (χ1) is 9.11. The molecule has 19 heavy (non-hydrogen) atoms. The molecular formula is C12H12N4O3. The van der Waals surface area contributed by atoms with Crippen molar-refractivity contribution in [1.82, 2.24) is 15.3 Å². The van der Waals surface area contributed by atoms with Crippen LogP contribution in [-0.2, 0) is 16.1 Å². The highest BCUT2D eigenvalue weighted by Crippen LogP contribution is 2.47. The zero-order valence-electron chi connectivity index (χ0n) is 10.00. The Hall–Kier alpha value is -2.28. The lowest BCUT2D eigenvalue weighted by atomic mass is 10.2. The Bertz CT molecular complexity index is 566. The summed E-state index contributed by atoms with van der Waals surface area (Å²) in [6.45, 7) is 0.107. The van der Waals surface area contributed by atoms with Crippen LogP contribution < -0.4 is 11.3 Å². The van der Waals surface area contributed by atoms with Gasteiger partial charge in [-0.1, -0.05) is 6.07 Å². The molecule has 1 saturated carbocycles. The number of hydrazine groups is 1. The maximum atomic E-state index is 11.8. The fourth-order valence-corrected chi connectivity index (χ4v) is 2.34. The van der Waals surface area contributed by atoms with Crippen molar-refractivity contribution in [2.75, 3.05) is 0 Å². The molecule has 2 unspecified atom stereocenters. The summed E-state index contributed by atoms with van der Waals surface area (Å²) in [4.78, 5) is 40.3. The standard InChI is InChI=1S/C12H12N4O3/c13-15-10(17)9-3-1-2-6(14-9)5-16-11(18)7-4-8(7)12(16)19/h1-3,7-8H,4-5,13H2,(H,15,17). The van der Waals surface area contributed by atoms with Gasteiger partial charge in [-0.2, -0.15) is 0 Å². The number of nitrogen functional groups attached to an aromatic ring is 1. The van der Waals surface area contributed by atoms with Crippen molar-refractivity contribution in [3.63, 3.8) is 0 Å². The predicted octanol–water partition coefficient (Wildman–Crippen LogP) is -0.810. The van der Waals surface area contributed by atoms with Gasteiger partial charge in [0.2, 0.25) is 11.8 Å². The minimum Gasteiger partial charge on any atom is -0.289 e. The van der Waals surface area contributed by atoms with E-state index in [1.165, 1.54) is 11.0 Å². The molecule has 2 fully saturated rings. The second-order valence-corrected chi connectivity index (χ2v) is 4.70. The highest BCUT2D eigenvalue weighted by molar-refractivity contribution is 6.08. The summed E-state index contributed by atoms with van der Waals surface area (Å²) in [6, 6.07) is 4.81. The average Bonchev–Trinajstić information content (AvgIpc) is 3.19. The summed E-state index contributed by atoms with van der Waals surface area (Å²) in [5.74, 6) is 4.01. The lowest BCUT2D eigenvalue weighted by Gasteiger charge is -2.15. The van der Waals surface area contributed by atoms with E-state index in [0.717, 1.165) is 0 Å². The number of hydrogen-bond acceptors (Lipinski definition) is 5. The van der Waals surface area contributed by atoms with Gasteiger partial charge in [0.05, 0.1) is 24.1 Å². The van der Waals surface area contributed by atoms with E-state index in [-0.39, 0.29) is 35.9 Å². The van der Waals surface area contributed by atoms with Gasteiger partial charge < -0.3 is 0 Å². The van der Waals surface area contributed by atoms with E-state index in [9.17, 15) is 14.4 Å². The molecule has 1 aromatic heterocycles. The number of fused-ring (bicyclic) bond motifs is 1. The Morgan fingerprint density at radius 1 is 1.37 bits per heavy atom. The van der Waals surface area contributed by atoms with E-state index in [1.54, 1.807) is 12.1 Å². The van der Waals surface area contributed by atoms with Crippen LogP contribution in [0.1, 0.15) is 22.6 Å². The number of carbonyl (C=O) groups excluding carboxylic acids is 3. The molecule has 0 spiro atoms. The van der Waals surface area contributed by atoms with Crippen molar-refractivity contribution in [2.45, 2.75) is 13.0 Å². The van der Waals surface area contributed by atoms with Crippen molar-refractivity contribution in [3.8, 4) is 0 Å². The number of piperidine rings is 1. The maximum Gasteiger partial charge on any atom is 0.283 e. The van der Waals surface area contributed by atoms with Crippen molar-refractivity contribution < 1.29 is 14.4 Å². The lowest BCUT2D eigenvalue weighted by molar-refractivity contribution is -0.142. The third kappa shape index (κ3) is 1.88. The van der Waals surface area contributed by atoms with Gasteiger partial charge in [-0.05, 0) is 18.6 Å². The fourth-order valence-electron chi connectivity index (χ4n) is 2.34. The molecule has 0 radical (unpaired) electrons. The molecule has 1 aliphatic carbocycles. The second-order valence-electron chi connectivity index (χ2n) is 4.70. The van der Waals surface area contributed by atoms with E-state index < -0.39 is 5.91 Å². The molecule has 3 rings (SSSR count). The normalized spacial score (nSPS) is 24.4. The second kappa shape index (κ2) is 4.13. The van der Waals surface area contributed by atoms with Gasteiger partial charge in [0.15, 0.2) is 0 Å². The first kappa shape index (κ1) is 11.8. The van der Waals surface area contributed by atoms with E-state index in [0.29, 0.717) is 12.1 Å². The summed E-state index contributed by atoms with van der Waals surface area (Å²) < 4.78 is 0. The number of carbonyl (C=O) groups is 3. The number of aromatic nitrogens is 1. The van der Waals surface area contributed by atoms with Crippen molar-refractivity contribution >= 4 is 17.7 Å². The van der Waals surface area contributed by atoms with Crippen LogP contribution in [0.2, 0.25) is 0 Å². The first-order valence-electron chi connectivity index (χ1n) is 5.94. The van der Waals surface area contributed by atoms with Gasteiger partial charge in [-0.3, -0.25) is 24.7 Å². The number of imide groups is 1. The van der Waals surface area contributed by atoms with Crippen LogP contribution in [0.3, 0.4) is 0 Å². The summed E-state index contributed by atoms with van der Waals surface area (Å²) in [7, 11) is 0. The highest BCUT2D eigenvalue weighted by Gasteiger charge is 2.58. The Labute approximate surface area is 108 Å². The number of hydrogen-bond donors (Lipinski definition) is 2. The molecule has 0 bridgehead atoms. The van der Waals surface area contributed by atoms with Gasteiger partial charge in [0.1, 0.15) is 5.69 Å². The molecule has 1 aliphatic heterocycles. The summed E-state index contributed by atoms with van der Waals surface area (Å²) in [6.07, 6.45) is 0.678. The highest BCUT2D eigenvalue weighted by atomic mass is 16.2. The largest absolute Gasteiger partial charge is 0.289 e. The maximum absolute atomic E-state index is 11.8. The number of likely N-dealkylation sites (tertiary alicyclic amines) is 1. The third-order valence-corrected chi connectivity index (χ3v) is 3.45. The predicted molar refractivity (Wildman–Crippen MR) is 63.0 cm³/mol. The molecule has 3 amide bonds. The first-order valence-corrected chi connectivity index (χ1v) is 5.94. The molecule has 2 heterocycles. The molecule has 2 aliphatic rings. The van der Waals surface area contributed by atoms with Gasteiger partial charge in [-0.15, -0.1) is 0 Å². The van der Waals surface area contributed by atoms with Crippen LogP contribution in [0.25, 0.3) is 0 Å². The quantitative estimate of drug-likeness (QED) is 0.320. The monoisotopic (exact) mass is 260 g/mol. The summed E-state index contributed by atoms with van der Waals surface area (Å²) in [5, 5.41) is 0. The van der Waals surface area contributed by atoms with E-state index in [1.807, 2.05) is 5.43 Å². The van der Waals surface area contributed by atoms with Crippen LogP contribution in [0.4, 0.5) is 0 Å². The van der Waals surface area contributed by atoms with Gasteiger partial charge in [-0.25, -0.2) is 10.8 Å². The molecule has 3 N–H and O–H groups in total. The molecule has 7 heteroatoms. The van der Waals surface area contributed by atoms with Crippen LogP contribution >= 0.6 is 0 Å². The average molecular weight is 260 g/mol. The Kier molecular flexibility index (Phi) is 2.56. The molecule has 7 nitrogen and oxygen atoms in total. The van der Waals surface area contributed by atoms with E-state index in [4.69, 9.17) is 5.84 Å². The summed E-state index contributed by atoms with van der Waals surface area (Å²) in [5.41, 5.74) is 2.63. The van der Waals surface area contributed by atoms with Gasteiger partial charge in [0, 0.05) is 0 Å². The van der Waals surface area contributed by atoms with Gasteiger partial charge in [0.25, 0.3) is 5.91 Å². The minimum atomic E-state index is -0.510. The molecule has 2 atom stereocenters. The van der Waals surface area contributed by atoms with Crippen LogP contribution in [0.5, 0.6) is 0 Å². The molecular weight excluding hydrogens is 248 g/mol. The van der Waals surface area contributed by atoms with Crippen molar-refractivity contribution in [1.29, 1.82) is 0 Å². The van der Waals surface area contributed by atoms with Crippen LogP contribution in [0, 0.1) is 11.8 Å². The van der Waals surface area contributed by atoms with E-state index >= 15 is 0 Å². The number of pyridine rings is 1. The minimum absolute atomic E-state index is 0.107. The Balaban J connectivity index is 1.78. The zero-order chi connectivity index (χ0) is 13.6. The molecule has 0 aromatic carbocycles. The van der Waals surface area contributed by atoms with Crippen molar-refractivity contribution in [3.05, 3.63) is 29.6 Å². The van der Waals surface area contributed by atoms with Crippen molar-refractivity contribution in [2.24, 2.45) is 17.7 Å². The zero-order valence-corrected chi connectivity index (χ0v) is 10.00. The van der Waals surface area contributed by atoms with Crippen LogP contribution in [0.15, 0.2) is 18.2 Å². The van der Waals surface area contributed by atoms with Crippen LogP contribution in [-0.4, -0.2) is 27.6 Å². The topological polar surface area (TPSA) is 105 Å². The van der Waals surface area contributed by atoms with Gasteiger partial charge >= 0.3 is 0 Å². The summed E-state index contributed by atoms with van der Waals surface area (Å²) >= 11 is 0. The van der Waals surface area contributed by atoms with E-state index in [2.05, 4.69) is 4.98 Å². The molecule has 1 aromatic rings.